The molecule has 4 heterocycles. The van der Waals surface area contributed by atoms with Crippen molar-refractivity contribution in [3.63, 3.8) is 0 Å². The molecule has 0 saturated carbocycles. The average Bonchev–Trinajstić information content (AvgIpc) is 0.843. The Kier molecular flexibility index (Phi) is 29.1. The van der Waals surface area contributed by atoms with Crippen LogP contribution in [0.1, 0.15) is 138 Å². The van der Waals surface area contributed by atoms with Gasteiger partial charge in [0.15, 0.2) is 0 Å². The molecule has 31 heteroatoms. The maximum atomic E-state index is 14.5. The van der Waals surface area contributed by atoms with Gasteiger partial charge in [-0.1, -0.05) is 107 Å². The monoisotopic (exact) mass is 1670 g/mol. The Balaban J connectivity index is 0.000000169. The van der Waals surface area contributed by atoms with Crippen molar-refractivity contribution in [1.82, 2.24) is 51.2 Å². The molecule has 0 spiro atoms. The lowest BCUT2D eigenvalue weighted by atomic mass is 9.99. The van der Waals surface area contributed by atoms with Crippen molar-refractivity contribution in [2.24, 2.45) is 0 Å². The van der Waals surface area contributed by atoms with Gasteiger partial charge in [0.1, 0.15) is 46.9 Å². The van der Waals surface area contributed by atoms with Gasteiger partial charge in [0.25, 0.3) is 23.6 Å². The van der Waals surface area contributed by atoms with Gasteiger partial charge in [0.05, 0.1) is 80.4 Å². The molecular formula is C79H47BrCl7F5N14O4. The molecule has 110 heavy (non-hydrogen) atoms. The van der Waals surface area contributed by atoms with Crippen LogP contribution in [0.3, 0.4) is 0 Å². The summed E-state index contributed by atoms with van der Waals surface area (Å²) in [5.74, 6) is -6.32. The summed E-state index contributed by atoms with van der Waals surface area (Å²) in [6.07, 6.45) is 8.84. The number of amides is 4. The first-order chi connectivity index (χ1) is 52.7. The number of carbonyl (C=O) groups excluding carboxylic acids is 4. The highest BCUT2D eigenvalue weighted by Crippen LogP contribution is 2.31. The lowest BCUT2D eigenvalue weighted by Gasteiger charge is -2.21. The number of nitrogens with one attached hydrogen (secondary N) is 4. The number of nitriles is 4. The predicted molar refractivity (Wildman–Crippen MR) is 407 cm³/mol. The second-order valence-electron chi connectivity index (χ2n) is 23.0. The number of halogens is 13. The molecule has 0 aliphatic rings. The summed E-state index contributed by atoms with van der Waals surface area (Å²) in [6, 6.07) is 48.8. The highest BCUT2D eigenvalue weighted by Gasteiger charge is 2.27. The first-order valence-corrected chi connectivity index (χ1v) is 35.1. The van der Waals surface area contributed by atoms with Crippen LogP contribution in [0.4, 0.5) is 22.0 Å². The molecule has 12 aromatic rings. The zero-order valence-corrected chi connectivity index (χ0v) is 63.0. The summed E-state index contributed by atoms with van der Waals surface area (Å²) in [4.78, 5) is 74.8. The number of hydrogen-bond donors (Lipinski definition) is 4. The third kappa shape index (κ3) is 22.2. The summed E-state index contributed by atoms with van der Waals surface area (Å²) >= 11 is 44.3. The Morgan fingerprint density at radius 2 is 0.691 bits per heavy atom. The van der Waals surface area contributed by atoms with Crippen LogP contribution in [0.2, 0.25) is 35.7 Å². The van der Waals surface area contributed by atoms with Crippen LogP contribution in [0.25, 0.3) is 0 Å². The van der Waals surface area contributed by atoms with E-state index in [9.17, 15) is 41.1 Å². The Hall–Kier alpha value is -11.8. The quantitative estimate of drug-likeness (QED) is 0.0517. The number of aromatic nitrogens is 6. The maximum absolute atomic E-state index is 14.5. The highest BCUT2D eigenvalue weighted by atomic mass is 79.9. The van der Waals surface area contributed by atoms with Crippen molar-refractivity contribution in [3.8, 4) is 24.3 Å². The molecule has 0 saturated heterocycles. The van der Waals surface area contributed by atoms with Gasteiger partial charge in [0.2, 0.25) is 10.6 Å². The summed E-state index contributed by atoms with van der Waals surface area (Å²) in [6.45, 7) is 1.89. The molecule has 0 aliphatic heterocycles. The van der Waals surface area contributed by atoms with Crippen LogP contribution in [0, 0.1) is 81.3 Å². The number of rotatable bonds is 16. The van der Waals surface area contributed by atoms with Crippen molar-refractivity contribution in [2.45, 2.75) is 31.1 Å². The van der Waals surface area contributed by atoms with Crippen LogP contribution in [0.15, 0.2) is 224 Å². The molecule has 4 amide bonds. The van der Waals surface area contributed by atoms with E-state index in [0.717, 1.165) is 51.5 Å². The fourth-order valence-electron chi connectivity index (χ4n) is 10.3. The van der Waals surface area contributed by atoms with E-state index in [2.05, 4.69) is 67.1 Å². The van der Waals surface area contributed by atoms with E-state index >= 15 is 0 Å². The van der Waals surface area contributed by atoms with E-state index in [-0.39, 0.29) is 65.8 Å². The number of benzene rings is 8. The number of nitrogens with zero attached hydrogens (tertiary/aromatic N) is 10. The predicted octanol–water partition coefficient (Wildman–Crippen LogP) is 19.0. The minimum Gasteiger partial charge on any atom is -0.341 e. The lowest BCUT2D eigenvalue weighted by Crippen LogP contribution is -2.31. The smallest absolute Gasteiger partial charge is 0.255 e. The maximum Gasteiger partial charge on any atom is 0.255 e. The minimum absolute atomic E-state index is 0.0677. The van der Waals surface area contributed by atoms with Crippen LogP contribution >= 0.6 is 97.1 Å². The van der Waals surface area contributed by atoms with Crippen molar-refractivity contribution in [3.05, 3.63) is 383 Å². The Bertz CT molecular complexity index is 5480. The molecule has 8 aromatic carbocycles. The third-order valence-electron chi connectivity index (χ3n) is 15.7. The minimum atomic E-state index is -1.02. The molecule has 548 valence electrons. The van der Waals surface area contributed by atoms with Crippen molar-refractivity contribution in [1.29, 1.82) is 21.0 Å². The van der Waals surface area contributed by atoms with Gasteiger partial charge in [-0.3, -0.25) is 29.1 Å². The van der Waals surface area contributed by atoms with Crippen LogP contribution in [0.5, 0.6) is 0 Å². The highest BCUT2D eigenvalue weighted by molar-refractivity contribution is 9.10. The first-order valence-electron chi connectivity index (χ1n) is 31.6. The number of hydrogen-bond acceptors (Lipinski definition) is 14. The summed E-state index contributed by atoms with van der Waals surface area (Å²) in [5.41, 5.74) is 4.99. The second kappa shape index (κ2) is 38.8. The van der Waals surface area contributed by atoms with Crippen LogP contribution < -0.4 is 21.3 Å². The normalized spacial score (nSPS) is 11.5. The molecule has 0 fully saturated rings. The van der Waals surface area contributed by atoms with Gasteiger partial charge in [-0.25, -0.2) is 41.9 Å². The van der Waals surface area contributed by atoms with Gasteiger partial charge in [0, 0.05) is 84.0 Å². The number of pyridine rings is 2. The standard InChI is InChI=1S/C21H14BrClFN3O.C20H11Cl2F2N3O.2C19H11Cl2FN4O/c1-12-8-16(22)11-26-19(12)20(13-4-6-17(23)7-5-13)27-21(28)14-2-3-15(10-25)18(24)9-14;21-13-4-2-12(3-5-13)18(19-17(24)8-14(22)10-26-19)27-20(28)15-6-1-11(9-25)7-16(15)23;20-14-4-2-12(3-5-14)17(13-9-24-19(21)25-10-13)26-18(27)15-6-1-11(8-23)7-16(15)22;20-15-5-3-11(4-6-15)17(14-9-24-19(21)25-10-14)26-18(27)12-1-2-13(8-23)16(22)7-12/h2-9,11,20H,1H3,(H,27,28);1-8,10,18H,(H,27,28);2*1-7,9-10,17H,(H,26,27)/t20-;18-;2*17-/m0000/s1. The van der Waals surface area contributed by atoms with Crippen molar-refractivity contribution < 1.29 is 41.1 Å². The summed E-state index contributed by atoms with van der Waals surface area (Å²) < 4.78 is 71.4. The third-order valence-corrected chi connectivity index (χ3v) is 17.8. The Morgan fingerprint density at radius 1 is 0.345 bits per heavy atom. The van der Waals surface area contributed by atoms with Crippen LogP contribution in [-0.4, -0.2) is 53.5 Å². The largest absolute Gasteiger partial charge is 0.341 e. The lowest BCUT2D eigenvalue weighted by molar-refractivity contribution is 0.0929. The zero-order valence-electron chi connectivity index (χ0n) is 56.1. The first kappa shape index (κ1) is 82.3. The van der Waals surface area contributed by atoms with E-state index in [1.54, 1.807) is 121 Å². The van der Waals surface area contributed by atoms with E-state index in [0.29, 0.717) is 48.0 Å². The van der Waals surface area contributed by atoms with E-state index < -0.39 is 76.9 Å². The van der Waals surface area contributed by atoms with Crippen molar-refractivity contribution in [2.75, 3.05) is 0 Å². The fraction of sp³-hybridized carbons (Fsp3) is 0.0633. The van der Waals surface area contributed by atoms with Gasteiger partial charge in [-0.05, 0) is 207 Å². The molecule has 4 N–H and O–H groups in total. The molecule has 12 rings (SSSR count). The molecule has 18 nitrogen and oxygen atoms in total. The zero-order chi connectivity index (χ0) is 79.3. The number of aryl methyl sites for hydroxylation is 1. The molecule has 0 bridgehead atoms. The van der Waals surface area contributed by atoms with Gasteiger partial charge in [-0.15, -0.1) is 0 Å². The molecule has 4 atom stereocenters. The molecular weight excluding hydrogens is 1630 g/mol. The molecule has 0 unspecified atom stereocenters. The van der Waals surface area contributed by atoms with Gasteiger partial charge < -0.3 is 21.3 Å². The van der Waals surface area contributed by atoms with Gasteiger partial charge in [-0.2, -0.15) is 21.0 Å². The number of carbonyl (C=O) groups is 4. The van der Waals surface area contributed by atoms with Crippen LogP contribution in [-0.2, 0) is 0 Å². The van der Waals surface area contributed by atoms with E-state index in [4.69, 9.17) is 102 Å². The summed E-state index contributed by atoms with van der Waals surface area (Å²) in [7, 11) is 0. The SMILES string of the molecule is Cc1cc(Br)cnc1[C@@H](NC(=O)c1ccc(C#N)c(F)c1)c1ccc(Cl)cc1.N#Cc1ccc(C(=O)N[C@@H](c2ccc(Cl)cc2)c2cnc(Cl)nc2)c(F)c1.N#Cc1ccc(C(=O)N[C@@H](c2ccc(Cl)cc2)c2cnc(Cl)nc2)cc1F.N#Cc1ccc(C(=O)N[C@@H](c2ccc(Cl)cc2)c2ncc(Cl)cc2F)c(F)c1. The van der Waals surface area contributed by atoms with Gasteiger partial charge >= 0.3 is 0 Å². The second-order valence-corrected chi connectivity index (χ2v) is 26.8. The Morgan fingerprint density at radius 3 is 1.04 bits per heavy atom. The molecule has 4 aromatic heterocycles. The average molecular weight is 1680 g/mol. The van der Waals surface area contributed by atoms with E-state index in [1.165, 1.54) is 79.5 Å². The molecule has 0 radical (unpaired) electrons. The Labute approximate surface area is 667 Å². The van der Waals surface area contributed by atoms with E-state index in [1.807, 2.05) is 19.1 Å². The topological polar surface area (TPSA) is 289 Å². The fourth-order valence-corrected chi connectivity index (χ4v) is 11.6. The summed E-state index contributed by atoms with van der Waals surface area (Å²) in [5, 5.41) is 48.7. The van der Waals surface area contributed by atoms with Crippen molar-refractivity contribution >= 4 is 121 Å². The molecule has 0 aliphatic carbocycles.